The van der Waals surface area contributed by atoms with Gasteiger partial charge in [-0.2, -0.15) is 0 Å². The molecule has 0 spiro atoms. The molecule has 1 rings (SSSR count). The van der Waals surface area contributed by atoms with Crippen LogP contribution in [0.2, 0.25) is 5.02 Å². The van der Waals surface area contributed by atoms with Crippen molar-refractivity contribution >= 4 is 51.6 Å². The molecule has 0 fully saturated rings. The monoisotopic (exact) mass is 470 g/mol. The van der Waals surface area contributed by atoms with E-state index in [0.29, 0.717) is 24.1 Å². The predicted octanol–water partition coefficient (Wildman–Crippen LogP) is 1.42. The van der Waals surface area contributed by atoms with Gasteiger partial charge in [0.2, 0.25) is 10.0 Å². The van der Waals surface area contributed by atoms with Crippen molar-refractivity contribution in [2.24, 2.45) is 4.99 Å². The highest BCUT2D eigenvalue weighted by atomic mass is 127. The molecule has 9 heteroatoms. The molecule has 1 aromatic carbocycles. The van der Waals surface area contributed by atoms with Crippen LogP contribution in [0.3, 0.4) is 0 Å². The van der Waals surface area contributed by atoms with E-state index in [2.05, 4.69) is 26.3 Å². The lowest BCUT2D eigenvalue weighted by Gasteiger charge is -2.09. The fourth-order valence-electron chi connectivity index (χ4n) is 1.54. The van der Waals surface area contributed by atoms with Crippen LogP contribution in [-0.2, 0) is 10.0 Å². The maximum absolute atomic E-state index is 12.1. The van der Waals surface area contributed by atoms with Crippen molar-refractivity contribution in [3.8, 4) is 12.3 Å². The van der Waals surface area contributed by atoms with Crippen molar-refractivity contribution in [3.05, 3.63) is 29.3 Å². The van der Waals surface area contributed by atoms with Crippen molar-refractivity contribution in [3.63, 3.8) is 0 Å². The summed E-state index contributed by atoms with van der Waals surface area (Å²) in [4.78, 5) is 4.34. The molecule has 0 aromatic heterocycles. The maximum atomic E-state index is 12.1. The van der Waals surface area contributed by atoms with Crippen LogP contribution in [0.5, 0.6) is 0 Å². The molecule has 0 unspecified atom stereocenters. The van der Waals surface area contributed by atoms with Gasteiger partial charge in [-0.3, -0.25) is 4.99 Å². The average molecular weight is 471 g/mol. The molecule has 0 atom stereocenters. The molecule has 6 nitrogen and oxygen atoms in total. The summed E-state index contributed by atoms with van der Waals surface area (Å²) in [6, 6.07) is 6.08. The summed E-state index contributed by atoms with van der Waals surface area (Å²) in [5.41, 5.74) is 0. The number of nitrogens with zero attached hydrogens (tertiary/aromatic N) is 1. The van der Waals surface area contributed by atoms with Gasteiger partial charge in [-0.05, 0) is 25.1 Å². The van der Waals surface area contributed by atoms with Crippen molar-refractivity contribution < 1.29 is 8.42 Å². The van der Waals surface area contributed by atoms with Crippen molar-refractivity contribution in [1.29, 1.82) is 0 Å². The molecule has 0 aliphatic heterocycles. The second-order valence-corrected chi connectivity index (χ2v) is 6.38. The number of nitrogens with one attached hydrogen (secondary N) is 3. The number of rotatable bonds is 7. The minimum atomic E-state index is -3.59. The third kappa shape index (κ3) is 8.41. The average Bonchev–Trinajstić information content (AvgIpc) is 2.49. The van der Waals surface area contributed by atoms with E-state index in [4.69, 9.17) is 18.0 Å². The number of sulfonamides is 1. The molecular formula is C14H20ClIN4O2S. The first-order chi connectivity index (χ1) is 10.5. The van der Waals surface area contributed by atoms with Gasteiger partial charge in [-0.1, -0.05) is 23.6 Å². The molecule has 128 valence electrons. The number of hydrogen-bond acceptors (Lipinski definition) is 3. The number of aliphatic imine (C=N–C) groups is 1. The number of benzene rings is 1. The Balaban J connectivity index is 0.00000484. The van der Waals surface area contributed by atoms with Crippen molar-refractivity contribution in [2.45, 2.75) is 11.8 Å². The molecule has 23 heavy (non-hydrogen) atoms. The summed E-state index contributed by atoms with van der Waals surface area (Å²) >= 11 is 5.79. The zero-order valence-electron chi connectivity index (χ0n) is 12.7. The molecule has 0 saturated heterocycles. The van der Waals surface area contributed by atoms with Crippen LogP contribution in [0.1, 0.15) is 6.92 Å². The fraction of sp³-hybridized carbons (Fsp3) is 0.357. The van der Waals surface area contributed by atoms with Gasteiger partial charge in [0.25, 0.3) is 0 Å². The van der Waals surface area contributed by atoms with E-state index < -0.39 is 10.0 Å². The summed E-state index contributed by atoms with van der Waals surface area (Å²) < 4.78 is 26.6. The summed E-state index contributed by atoms with van der Waals surface area (Å²) in [5.74, 6) is 2.99. The quantitative estimate of drug-likeness (QED) is 0.185. The van der Waals surface area contributed by atoms with Crippen LogP contribution >= 0.6 is 35.6 Å². The van der Waals surface area contributed by atoms with Gasteiger partial charge in [0.05, 0.1) is 18.0 Å². The number of terminal acetylenes is 1. The second kappa shape index (κ2) is 11.5. The topological polar surface area (TPSA) is 82.6 Å². The second-order valence-electron chi connectivity index (χ2n) is 4.17. The Kier molecular flexibility index (Phi) is 11.0. The van der Waals surface area contributed by atoms with E-state index in [1.807, 2.05) is 6.92 Å². The Labute approximate surface area is 159 Å². The molecule has 0 radical (unpaired) electrons. The molecule has 1 aromatic rings. The molecular weight excluding hydrogens is 451 g/mol. The van der Waals surface area contributed by atoms with Gasteiger partial charge in [0.1, 0.15) is 0 Å². The zero-order valence-corrected chi connectivity index (χ0v) is 16.6. The maximum Gasteiger partial charge on any atom is 0.240 e. The Bertz CT molecular complexity index is 659. The van der Waals surface area contributed by atoms with E-state index in [-0.39, 0.29) is 42.0 Å². The SMILES string of the molecule is C#CCNC(=NCCNS(=O)(=O)c1cccc(Cl)c1)NCC.I. The summed E-state index contributed by atoms with van der Waals surface area (Å²) in [7, 11) is -3.59. The predicted molar refractivity (Wildman–Crippen MR) is 105 cm³/mol. The fourth-order valence-corrected chi connectivity index (χ4v) is 2.86. The van der Waals surface area contributed by atoms with Gasteiger partial charge in [0, 0.05) is 18.1 Å². The third-order valence-corrected chi connectivity index (χ3v) is 4.18. The number of halogens is 2. The zero-order chi connectivity index (χ0) is 16.4. The summed E-state index contributed by atoms with van der Waals surface area (Å²) in [5, 5.41) is 6.29. The molecule has 0 aliphatic carbocycles. The van der Waals surface area contributed by atoms with Gasteiger partial charge in [-0.25, -0.2) is 13.1 Å². The molecule has 0 amide bonds. The standard InChI is InChI=1S/C14H19ClN4O2S.HI/c1-3-8-17-14(16-4-2)18-9-10-19-22(20,21)13-7-5-6-12(15)11-13;/h1,5-7,11,19H,4,8-10H2,2H3,(H2,16,17,18);1H. The number of hydrogen-bond donors (Lipinski definition) is 3. The first-order valence-electron chi connectivity index (χ1n) is 6.70. The highest BCUT2D eigenvalue weighted by molar-refractivity contribution is 14.0. The molecule has 0 bridgehead atoms. The van der Waals surface area contributed by atoms with E-state index in [1.54, 1.807) is 12.1 Å². The van der Waals surface area contributed by atoms with Crippen molar-refractivity contribution in [1.82, 2.24) is 15.4 Å². The van der Waals surface area contributed by atoms with Crippen LogP contribution in [0.4, 0.5) is 0 Å². The first-order valence-corrected chi connectivity index (χ1v) is 8.56. The highest BCUT2D eigenvalue weighted by Crippen LogP contribution is 2.14. The van der Waals surface area contributed by atoms with Gasteiger partial charge in [-0.15, -0.1) is 30.4 Å². The smallest absolute Gasteiger partial charge is 0.240 e. The largest absolute Gasteiger partial charge is 0.357 e. The Morgan fingerprint density at radius 1 is 1.39 bits per heavy atom. The molecule has 0 saturated carbocycles. The lowest BCUT2D eigenvalue weighted by molar-refractivity contribution is 0.582. The van der Waals surface area contributed by atoms with Crippen LogP contribution in [0.15, 0.2) is 34.2 Å². The summed E-state index contributed by atoms with van der Waals surface area (Å²) in [6.07, 6.45) is 5.16. The highest BCUT2D eigenvalue weighted by Gasteiger charge is 2.13. The van der Waals surface area contributed by atoms with E-state index >= 15 is 0 Å². The normalized spacial score (nSPS) is 11.3. The van der Waals surface area contributed by atoms with E-state index in [0.717, 1.165) is 0 Å². The van der Waals surface area contributed by atoms with E-state index in [9.17, 15) is 8.42 Å². The van der Waals surface area contributed by atoms with Crippen LogP contribution in [0.25, 0.3) is 0 Å². The Hall–Kier alpha value is -1.02. The Morgan fingerprint density at radius 2 is 2.13 bits per heavy atom. The number of guanidine groups is 1. The van der Waals surface area contributed by atoms with Crippen LogP contribution < -0.4 is 15.4 Å². The van der Waals surface area contributed by atoms with Gasteiger partial charge in [0.15, 0.2) is 5.96 Å². The van der Waals surface area contributed by atoms with Crippen LogP contribution in [0, 0.1) is 12.3 Å². The third-order valence-electron chi connectivity index (χ3n) is 2.48. The van der Waals surface area contributed by atoms with Crippen molar-refractivity contribution in [2.75, 3.05) is 26.2 Å². The van der Waals surface area contributed by atoms with Crippen LogP contribution in [-0.4, -0.2) is 40.6 Å². The lowest BCUT2D eigenvalue weighted by atomic mass is 10.4. The lowest BCUT2D eigenvalue weighted by Crippen LogP contribution is -2.38. The summed E-state index contributed by atoms with van der Waals surface area (Å²) in [6.45, 7) is 3.40. The first kappa shape index (κ1) is 22.0. The molecule has 0 aliphatic rings. The van der Waals surface area contributed by atoms with Gasteiger partial charge >= 0.3 is 0 Å². The molecule has 3 N–H and O–H groups in total. The minimum absolute atomic E-state index is 0. The Morgan fingerprint density at radius 3 is 2.74 bits per heavy atom. The molecule has 0 heterocycles. The van der Waals surface area contributed by atoms with E-state index in [1.165, 1.54) is 12.1 Å². The van der Waals surface area contributed by atoms with Gasteiger partial charge < -0.3 is 10.6 Å². The minimum Gasteiger partial charge on any atom is -0.357 e.